The van der Waals surface area contributed by atoms with Gasteiger partial charge in [0.1, 0.15) is 17.4 Å². The first kappa shape index (κ1) is 16.9. The van der Waals surface area contributed by atoms with Gasteiger partial charge in [-0.25, -0.2) is 9.97 Å². The van der Waals surface area contributed by atoms with Crippen molar-refractivity contribution in [1.29, 1.82) is 0 Å². The van der Waals surface area contributed by atoms with E-state index in [2.05, 4.69) is 46.5 Å². The second-order valence-electron chi connectivity index (χ2n) is 6.57. The van der Waals surface area contributed by atoms with Crippen LogP contribution < -0.4 is 10.1 Å². The third-order valence-corrected chi connectivity index (χ3v) is 4.75. The molecule has 2 heterocycles. The lowest BCUT2D eigenvalue weighted by atomic mass is 10.0. The van der Waals surface area contributed by atoms with E-state index in [1.165, 1.54) is 5.56 Å². The molecule has 132 valence electrons. The molecule has 1 aromatic heterocycles. The number of halogens is 1. The lowest BCUT2D eigenvalue weighted by Gasteiger charge is -2.27. The fraction of sp³-hybridized carbons (Fsp3) is 0.238. The fourth-order valence-electron chi connectivity index (χ4n) is 3.21. The standard InChI is InChI=1S/C21H20ClN3O/c1-13-3-5-15(6-4-13)19-12-21(24-14(2)23-19)25-18-9-10-26-20-8-7-16(22)11-17(18)20/h3-8,11-12,18H,9-10H2,1-2H3,(H,23,24,25). The maximum absolute atomic E-state index is 6.18. The van der Waals surface area contributed by atoms with Gasteiger partial charge < -0.3 is 10.1 Å². The van der Waals surface area contributed by atoms with Crippen molar-refractivity contribution >= 4 is 17.4 Å². The zero-order chi connectivity index (χ0) is 18.1. The smallest absolute Gasteiger partial charge is 0.130 e. The highest BCUT2D eigenvalue weighted by molar-refractivity contribution is 6.30. The molecule has 26 heavy (non-hydrogen) atoms. The molecular formula is C21H20ClN3O. The Morgan fingerprint density at radius 3 is 2.65 bits per heavy atom. The van der Waals surface area contributed by atoms with E-state index in [0.717, 1.165) is 40.6 Å². The molecule has 3 aromatic rings. The third kappa shape index (κ3) is 3.51. The topological polar surface area (TPSA) is 47.0 Å². The molecule has 1 aliphatic rings. The van der Waals surface area contributed by atoms with Crippen LogP contribution in [-0.4, -0.2) is 16.6 Å². The highest BCUT2D eigenvalue weighted by Crippen LogP contribution is 2.36. The number of fused-ring (bicyclic) bond motifs is 1. The molecule has 0 bridgehead atoms. The first-order valence-electron chi connectivity index (χ1n) is 8.70. The van der Waals surface area contributed by atoms with Crippen molar-refractivity contribution in [2.75, 3.05) is 11.9 Å². The molecular weight excluding hydrogens is 346 g/mol. The zero-order valence-electron chi connectivity index (χ0n) is 14.8. The lowest BCUT2D eigenvalue weighted by molar-refractivity contribution is 0.274. The predicted octanol–water partition coefficient (Wildman–Crippen LogP) is 5.35. The number of benzene rings is 2. The van der Waals surface area contributed by atoms with Crippen molar-refractivity contribution in [2.45, 2.75) is 26.3 Å². The minimum absolute atomic E-state index is 0.109. The Balaban J connectivity index is 1.65. The number of hydrogen-bond donors (Lipinski definition) is 1. The van der Waals surface area contributed by atoms with Crippen molar-refractivity contribution in [3.63, 3.8) is 0 Å². The van der Waals surface area contributed by atoms with E-state index in [1.807, 2.05) is 31.2 Å². The van der Waals surface area contributed by atoms with Gasteiger partial charge in [-0.2, -0.15) is 0 Å². The second kappa shape index (κ2) is 6.96. The van der Waals surface area contributed by atoms with Crippen LogP contribution in [0.25, 0.3) is 11.3 Å². The molecule has 1 atom stereocenters. The largest absolute Gasteiger partial charge is 0.493 e. The Kier molecular flexibility index (Phi) is 4.51. The predicted molar refractivity (Wildman–Crippen MR) is 105 cm³/mol. The summed E-state index contributed by atoms with van der Waals surface area (Å²) in [6, 6.07) is 16.2. The van der Waals surface area contributed by atoms with E-state index in [-0.39, 0.29) is 6.04 Å². The van der Waals surface area contributed by atoms with Gasteiger partial charge in [0.05, 0.1) is 18.3 Å². The molecule has 0 fully saturated rings. The SMILES string of the molecule is Cc1ccc(-c2cc(NC3CCOc4ccc(Cl)cc43)nc(C)n2)cc1. The molecule has 0 saturated heterocycles. The lowest BCUT2D eigenvalue weighted by Crippen LogP contribution is -2.21. The number of nitrogens with one attached hydrogen (secondary N) is 1. The Labute approximate surface area is 158 Å². The van der Waals surface area contributed by atoms with Gasteiger partial charge in [0, 0.05) is 28.6 Å². The summed E-state index contributed by atoms with van der Waals surface area (Å²) < 4.78 is 5.74. The highest BCUT2D eigenvalue weighted by atomic mass is 35.5. The maximum Gasteiger partial charge on any atom is 0.130 e. The molecule has 4 rings (SSSR count). The van der Waals surface area contributed by atoms with Crippen LogP contribution in [0, 0.1) is 13.8 Å². The van der Waals surface area contributed by atoms with E-state index in [1.54, 1.807) is 0 Å². The minimum Gasteiger partial charge on any atom is -0.493 e. The van der Waals surface area contributed by atoms with Gasteiger partial charge in [-0.1, -0.05) is 41.4 Å². The Morgan fingerprint density at radius 1 is 1.04 bits per heavy atom. The van der Waals surface area contributed by atoms with Crippen LogP contribution >= 0.6 is 11.6 Å². The maximum atomic E-state index is 6.18. The number of rotatable bonds is 3. The highest BCUT2D eigenvalue weighted by Gasteiger charge is 2.22. The van der Waals surface area contributed by atoms with Gasteiger partial charge in [-0.3, -0.25) is 0 Å². The van der Waals surface area contributed by atoms with E-state index in [4.69, 9.17) is 16.3 Å². The van der Waals surface area contributed by atoms with Gasteiger partial charge in [-0.05, 0) is 32.0 Å². The molecule has 4 nitrogen and oxygen atoms in total. The number of aryl methyl sites for hydroxylation is 2. The van der Waals surface area contributed by atoms with Gasteiger partial charge >= 0.3 is 0 Å². The Morgan fingerprint density at radius 2 is 1.85 bits per heavy atom. The Bertz CT molecular complexity index is 940. The van der Waals surface area contributed by atoms with Crippen LogP contribution in [0.3, 0.4) is 0 Å². The second-order valence-corrected chi connectivity index (χ2v) is 7.00. The van der Waals surface area contributed by atoms with Crippen molar-refractivity contribution in [3.8, 4) is 17.0 Å². The summed E-state index contributed by atoms with van der Waals surface area (Å²) in [5.74, 6) is 2.43. The van der Waals surface area contributed by atoms with Gasteiger partial charge in [-0.15, -0.1) is 0 Å². The quantitative estimate of drug-likeness (QED) is 0.679. The van der Waals surface area contributed by atoms with Crippen molar-refractivity contribution in [2.24, 2.45) is 0 Å². The Hall–Kier alpha value is -2.59. The van der Waals surface area contributed by atoms with E-state index < -0.39 is 0 Å². The zero-order valence-corrected chi connectivity index (χ0v) is 15.5. The van der Waals surface area contributed by atoms with Crippen LogP contribution in [0.4, 0.5) is 5.82 Å². The average molecular weight is 366 g/mol. The summed E-state index contributed by atoms with van der Waals surface area (Å²) in [6.07, 6.45) is 0.857. The molecule has 2 aromatic carbocycles. The normalized spacial score (nSPS) is 15.9. The fourth-order valence-corrected chi connectivity index (χ4v) is 3.39. The summed E-state index contributed by atoms with van der Waals surface area (Å²) in [7, 11) is 0. The number of anilines is 1. The molecule has 1 N–H and O–H groups in total. The van der Waals surface area contributed by atoms with Gasteiger partial charge in [0.2, 0.25) is 0 Å². The van der Waals surface area contributed by atoms with Crippen molar-refractivity contribution < 1.29 is 4.74 Å². The van der Waals surface area contributed by atoms with Crippen LogP contribution in [0.15, 0.2) is 48.5 Å². The molecule has 0 saturated carbocycles. The van der Waals surface area contributed by atoms with Crippen LogP contribution in [-0.2, 0) is 0 Å². The van der Waals surface area contributed by atoms with E-state index >= 15 is 0 Å². The molecule has 0 amide bonds. The average Bonchev–Trinajstić information content (AvgIpc) is 2.62. The first-order valence-corrected chi connectivity index (χ1v) is 9.08. The summed E-state index contributed by atoms with van der Waals surface area (Å²) >= 11 is 6.18. The number of hydrogen-bond acceptors (Lipinski definition) is 4. The van der Waals surface area contributed by atoms with E-state index in [9.17, 15) is 0 Å². The molecule has 1 unspecified atom stereocenters. The van der Waals surface area contributed by atoms with Gasteiger partial charge in [0.25, 0.3) is 0 Å². The molecule has 5 heteroatoms. The monoisotopic (exact) mass is 365 g/mol. The van der Waals surface area contributed by atoms with Crippen LogP contribution in [0.5, 0.6) is 5.75 Å². The van der Waals surface area contributed by atoms with Crippen LogP contribution in [0.1, 0.15) is 29.4 Å². The van der Waals surface area contributed by atoms with E-state index in [0.29, 0.717) is 11.6 Å². The van der Waals surface area contributed by atoms with Crippen molar-refractivity contribution in [1.82, 2.24) is 9.97 Å². The van der Waals surface area contributed by atoms with Crippen molar-refractivity contribution in [3.05, 3.63) is 70.5 Å². The summed E-state index contributed by atoms with van der Waals surface area (Å²) in [4.78, 5) is 9.16. The molecule has 0 spiro atoms. The molecule has 0 radical (unpaired) electrons. The number of aromatic nitrogens is 2. The summed E-state index contributed by atoms with van der Waals surface area (Å²) in [6.45, 7) is 4.66. The molecule has 0 aliphatic carbocycles. The molecule has 1 aliphatic heterocycles. The number of ether oxygens (including phenoxy) is 1. The van der Waals surface area contributed by atoms with Crippen LogP contribution in [0.2, 0.25) is 5.02 Å². The minimum atomic E-state index is 0.109. The summed E-state index contributed by atoms with van der Waals surface area (Å²) in [5, 5.41) is 4.25. The first-order chi connectivity index (χ1) is 12.6. The summed E-state index contributed by atoms with van der Waals surface area (Å²) in [5.41, 5.74) is 4.29. The number of nitrogens with zero attached hydrogens (tertiary/aromatic N) is 2. The van der Waals surface area contributed by atoms with Gasteiger partial charge in [0.15, 0.2) is 0 Å². The third-order valence-electron chi connectivity index (χ3n) is 4.52.